The van der Waals surface area contributed by atoms with Gasteiger partial charge in [-0.05, 0) is 35.9 Å². The molecule has 0 aromatic heterocycles. The van der Waals surface area contributed by atoms with E-state index < -0.39 is 0 Å². The van der Waals surface area contributed by atoms with E-state index in [0.29, 0.717) is 22.9 Å². The first-order valence-electron chi connectivity index (χ1n) is 6.34. The van der Waals surface area contributed by atoms with Crippen molar-refractivity contribution >= 4 is 33.4 Å². The molecule has 0 bridgehead atoms. The Morgan fingerprint density at radius 1 is 1.24 bits per heavy atom. The molecule has 0 saturated heterocycles. The Labute approximate surface area is 137 Å². The van der Waals surface area contributed by atoms with Crippen LogP contribution in [0, 0.1) is 0 Å². The summed E-state index contributed by atoms with van der Waals surface area (Å²) >= 11 is 9.36. The van der Waals surface area contributed by atoms with Crippen molar-refractivity contribution in [1.29, 1.82) is 0 Å². The molecule has 3 nitrogen and oxygen atoms in total. The van der Waals surface area contributed by atoms with Crippen LogP contribution in [0.25, 0.3) is 0 Å². The van der Waals surface area contributed by atoms with Crippen LogP contribution in [0.4, 0.5) is 0 Å². The molecule has 0 N–H and O–H groups in total. The minimum absolute atomic E-state index is 0.128. The normalized spacial score (nSPS) is 10.3. The Morgan fingerprint density at radius 2 is 1.90 bits per heavy atom. The van der Waals surface area contributed by atoms with Crippen LogP contribution < -0.4 is 4.74 Å². The van der Waals surface area contributed by atoms with Crippen LogP contribution in [0.2, 0.25) is 5.02 Å². The maximum Gasteiger partial charge on any atom is 0.257 e. The second kappa shape index (κ2) is 6.96. The van der Waals surface area contributed by atoms with Gasteiger partial charge in [0.15, 0.2) is 0 Å². The van der Waals surface area contributed by atoms with E-state index in [2.05, 4.69) is 15.9 Å². The summed E-state index contributed by atoms with van der Waals surface area (Å²) in [6.07, 6.45) is 0. The number of carbonyl (C=O) groups excluding carboxylic acids is 1. The molecule has 0 aliphatic carbocycles. The summed E-state index contributed by atoms with van der Waals surface area (Å²) < 4.78 is 6.24. The van der Waals surface area contributed by atoms with Gasteiger partial charge in [-0.3, -0.25) is 4.79 Å². The van der Waals surface area contributed by atoms with Crippen LogP contribution in [-0.2, 0) is 6.54 Å². The molecule has 110 valence electrons. The fraction of sp³-hybridized carbons (Fsp3) is 0.188. The Hall–Kier alpha value is -1.52. The van der Waals surface area contributed by atoms with Gasteiger partial charge in [-0.15, -0.1) is 0 Å². The molecule has 0 radical (unpaired) electrons. The summed E-state index contributed by atoms with van der Waals surface area (Å²) in [4.78, 5) is 14.2. The number of carbonyl (C=O) groups is 1. The molecule has 21 heavy (non-hydrogen) atoms. The van der Waals surface area contributed by atoms with E-state index in [1.54, 1.807) is 30.1 Å². The fourth-order valence-electron chi connectivity index (χ4n) is 1.99. The van der Waals surface area contributed by atoms with Gasteiger partial charge in [-0.2, -0.15) is 0 Å². The molecular formula is C16H15BrClNO2. The van der Waals surface area contributed by atoms with E-state index >= 15 is 0 Å². The van der Waals surface area contributed by atoms with Crippen molar-refractivity contribution in [3.05, 3.63) is 63.1 Å². The van der Waals surface area contributed by atoms with Gasteiger partial charge in [0, 0.05) is 23.1 Å². The molecule has 0 aliphatic rings. The van der Waals surface area contributed by atoms with Gasteiger partial charge in [0.1, 0.15) is 5.75 Å². The standard InChI is InChI=1S/C16H15BrClNO2/c1-19(10-11-3-5-12(17)6-4-11)16(20)14-9-13(18)7-8-15(14)21-2/h3-9H,10H2,1-2H3. The smallest absolute Gasteiger partial charge is 0.257 e. The third-order valence-corrected chi connectivity index (χ3v) is 3.84. The van der Waals surface area contributed by atoms with Gasteiger partial charge in [-0.1, -0.05) is 39.7 Å². The molecule has 0 heterocycles. The van der Waals surface area contributed by atoms with Crippen molar-refractivity contribution in [3.63, 3.8) is 0 Å². The maximum absolute atomic E-state index is 12.5. The van der Waals surface area contributed by atoms with Crippen molar-refractivity contribution < 1.29 is 9.53 Å². The minimum atomic E-state index is -0.128. The zero-order chi connectivity index (χ0) is 15.4. The first kappa shape index (κ1) is 15.9. The van der Waals surface area contributed by atoms with E-state index in [9.17, 15) is 4.79 Å². The van der Waals surface area contributed by atoms with Crippen LogP contribution >= 0.6 is 27.5 Å². The number of nitrogens with zero attached hydrogens (tertiary/aromatic N) is 1. The number of rotatable bonds is 4. The number of benzene rings is 2. The minimum Gasteiger partial charge on any atom is -0.496 e. The van der Waals surface area contributed by atoms with Crippen molar-refractivity contribution in [1.82, 2.24) is 4.90 Å². The molecule has 2 rings (SSSR count). The number of ether oxygens (including phenoxy) is 1. The van der Waals surface area contributed by atoms with Crippen molar-refractivity contribution in [3.8, 4) is 5.75 Å². The van der Waals surface area contributed by atoms with E-state index in [0.717, 1.165) is 10.0 Å². The van der Waals surface area contributed by atoms with E-state index in [-0.39, 0.29) is 5.91 Å². The Kier molecular flexibility index (Phi) is 5.26. The lowest BCUT2D eigenvalue weighted by Gasteiger charge is -2.19. The predicted molar refractivity (Wildman–Crippen MR) is 87.9 cm³/mol. The predicted octanol–water partition coefficient (Wildman–Crippen LogP) is 4.38. The van der Waals surface area contributed by atoms with Crippen molar-refractivity contribution in [2.75, 3.05) is 14.2 Å². The summed E-state index contributed by atoms with van der Waals surface area (Å²) in [5.74, 6) is 0.393. The van der Waals surface area contributed by atoms with Gasteiger partial charge < -0.3 is 9.64 Å². The van der Waals surface area contributed by atoms with Crippen LogP contribution in [0.1, 0.15) is 15.9 Å². The molecular weight excluding hydrogens is 354 g/mol. The summed E-state index contributed by atoms with van der Waals surface area (Å²) in [6, 6.07) is 12.9. The number of methoxy groups -OCH3 is 1. The Balaban J connectivity index is 2.19. The molecule has 1 amide bonds. The SMILES string of the molecule is COc1ccc(Cl)cc1C(=O)N(C)Cc1ccc(Br)cc1. The van der Waals surface area contributed by atoms with Crippen molar-refractivity contribution in [2.45, 2.75) is 6.54 Å². The molecule has 0 aliphatic heterocycles. The lowest BCUT2D eigenvalue weighted by Crippen LogP contribution is -2.26. The maximum atomic E-state index is 12.5. The molecule has 0 atom stereocenters. The number of hydrogen-bond donors (Lipinski definition) is 0. The zero-order valence-corrected chi connectivity index (χ0v) is 14.1. The first-order chi connectivity index (χ1) is 10.0. The van der Waals surface area contributed by atoms with Crippen LogP contribution in [0.3, 0.4) is 0 Å². The number of halogens is 2. The van der Waals surface area contributed by atoms with E-state index in [1.165, 1.54) is 7.11 Å². The summed E-state index contributed by atoms with van der Waals surface area (Å²) in [7, 11) is 3.29. The highest BCUT2D eigenvalue weighted by Crippen LogP contribution is 2.24. The molecule has 5 heteroatoms. The van der Waals surface area contributed by atoms with Crippen molar-refractivity contribution in [2.24, 2.45) is 0 Å². The van der Waals surface area contributed by atoms with E-state index in [1.807, 2.05) is 24.3 Å². The molecule has 0 unspecified atom stereocenters. The number of hydrogen-bond acceptors (Lipinski definition) is 2. The highest BCUT2D eigenvalue weighted by atomic mass is 79.9. The van der Waals surface area contributed by atoms with Crippen LogP contribution in [0.5, 0.6) is 5.75 Å². The average molecular weight is 369 g/mol. The van der Waals surface area contributed by atoms with Gasteiger partial charge in [0.25, 0.3) is 5.91 Å². The summed E-state index contributed by atoms with van der Waals surface area (Å²) in [5, 5.41) is 0.510. The molecule has 0 saturated carbocycles. The largest absolute Gasteiger partial charge is 0.496 e. The highest BCUT2D eigenvalue weighted by molar-refractivity contribution is 9.10. The molecule has 0 spiro atoms. The van der Waals surface area contributed by atoms with Crippen LogP contribution in [-0.4, -0.2) is 25.0 Å². The van der Waals surface area contributed by atoms with Gasteiger partial charge in [0.2, 0.25) is 0 Å². The topological polar surface area (TPSA) is 29.5 Å². The monoisotopic (exact) mass is 367 g/mol. The van der Waals surface area contributed by atoms with E-state index in [4.69, 9.17) is 16.3 Å². The third kappa shape index (κ3) is 3.99. The lowest BCUT2D eigenvalue weighted by atomic mass is 10.1. The second-order valence-corrected chi connectivity index (χ2v) is 5.98. The molecule has 0 fully saturated rings. The second-order valence-electron chi connectivity index (χ2n) is 4.63. The Bertz CT molecular complexity index is 643. The van der Waals surface area contributed by atoms with Crippen LogP contribution in [0.15, 0.2) is 46.9 Å². The summed E-state index contributed by atoms with van der Waals surface area (Å²) in [6.45, 7) is 0.516. The number of amides is 1. The molecule has 2 aromatic carbocycles. The van der Waals surface area contributed by atoms with Gasteiger partial charge in [-0.25, -0.2) is 0 Å². The zero-order valence-electron chi connectivity index (χ0n) is 11.8. The average Bonchev–Trinajstić information content (AvgIpc) is 2.48. The quantitative estimate of drug-likeness (QED) is 0.801. The fourth-order valence-corrected chi connectivity index (χ4v) is 2.42. The highest BCUT2D eigenvalue weighted by Gasteiger charge is 2.17. The van der Waals surface area contributed by atoms with Gasteiger partial charge in [0.05, 0.1) is 12.7 Å². The first-order valence-corrected chi connectivity index (χ1v) is 7.52. The Morgan fingerprint density at radius 3 is 2.52 bits per heavy atom. The lowest BCUT2D eigenvalue weighted by molar-refractivity contribution is 0.0781. The molecule has 2 aromatic rings. The summed E-state index contributed by atoms with van der Waals surface area (Å²) in [5.41, 5.74) is 1.51. The third-order valence-electron chi connectivity index (χ3n) is 3.07. The van der Waals surface area contributed by atoms with Gasteiger partial charge >= 0.3 is 0 Å².